The van der Waals surface area contributed by atoms with Crippen LogP contribution in [-0.2, 0) is 9.84 Å². The van der Waals surface area contributed by atoms with Crippen LogP contribution in [0.15, 0.2) is 23.1 Å². The van der Waals surface area contributed by atoms with E-state index in [0.717, 1.165) is 6.42 Å². The second kappa shape index (κ2) is 5.40. The molecule has 0 saturated heterocycles. The van der Waals surface area contributed by atoms with Gasteiger partial charge in [-0.2, -0.15) is 0 Å². The van der Waals surface area contributed by atoms with Gasteiger partial charge in [0, 0.05) is 6.07 Å². The third kappa shape index (κ3) is 3.36. The van der Waals surface area contributed by atoms with Gasteiger partial charge in [0.25, 0.3) is 0 Å². The molecule has 1 rings (SSSR count). The van der Waals surface area contributed by atoms with E-state index in [1.807, 2.05) is 13.8 Å². The van der Waals surface area contributed by atoms with Crippen molar-refractivity contribution in [3.05, 3.63) is 18.2 Å². The molecular formula is C12H19NO3S. The van der Waals surface area contributed by atoms with Crippen LogP contribution in [0.25, 0.3) is 0 Å². The van der Waals surface area contributed by atoms with Crippen LogP contribution in [0.3, 0.4) is 0 Å². The van der Waals surface area contributed by atoms with Gasteiger partial charge in [0.05, 0.1) is 23.4 Å². The molecule has 1 atom stereocenters. The van der Waals surface area contributed by atoms with Gasteiger partial charge in [0.1, 0.15) is 5.75 Å². The number of benzene rings is 1. The first-order valence-electron chi connectivity index (χ1n) is 5.57. The lowest BCUT2D eigenvalue weighted by Crippen LogP contribution is -2.15. The maximum atomic E-state index is 12.2. The molecule has 0 aromatic heterocycles. The third-order valence-electron chi connectivity index (χ3n) is 2.76. The first-order chi connectivity index (χ1) is 7.90. The summed E-state index contributed by atoms with van der Waals surface area (Å²) in [4.78, 5) is 0.164. The predicted molar refractivity (Wildman–Crippen MR) is 68.9 cm³/mol. The summed E-state index contributed by atoms with van der Waals surface area (Å²) in [6.07, 6.45) is 0.823. The zero-order chi connectivity index (χ0) is 13.1. The maximum Gasteiger partial charge on any atom is 0.180 e. The summed E-state index contributed by atoms with van der Waals surface area (Å²) in [5.41, 5.74) is 5.99. The number of hydrogen-bond acceptors (Lipinski definition) is 4. The molecule has 0 heterocycles. The van der Waals surface area contributed by atoms with Gasteiger partial charge in [-0.3, -0.25) is 0 Å². The summed E-state index contributed by atoms with van der Waals surface area (Å²) in [6, 6.07) is 4.69. The first-order valence-corrected chi connectivity index (χ1v) is 7.22. The lowest BCUT2D eigenvalue weighted by atomic mass is 10.2. The van der Waals surface area contributed by atoms with Crippen LogP contribution in [0.5, 0.6) is 5.75 Å². The summed E-state index contributed by atoms with van der Waals surface area (Å²) in [5, 5.41) is 0. The average Bonchev–Trinajstić information content (AvgIpc) is 2.28. The molecule has 0 radical (unpaired) electrons. The molecule has 17 heavy (non-hydrogen) atoms. The predicted octanol–water partition coefficient (Wildman–Crippen LogP) is 2.10. The van der Waals surface area contributed by atoms with Gasteiger partial charge >= 0.3 is 0 Å². The van der Waals surface area contributed by atoms with E-state index >= 15 is 0 Å². The molecule has 1 unspecified atom stereocenters. The van der Waals surface area contributed by atoms with Crippen molar-refractivity contribution in [2.75, 3.05) is 18.6 Å². The number of ether oxygens (including phenoxy) is 1. The first kappa shape index (κ1) is 13.8. The van der Waals surface area contributed by atoms with E-state index in [9.17, 15) is 8.42 Å². The highest BCUT2D eigenvalue weighted by atomic mass is 32.2. The van der Waals surface area contributed by atoms with E-state index < -0.39 is 9.84 Å². The van der Waals surface area contributed by atoms with Crippen molar-refractivity contribution in [2.24, 2.45) is 5.92 Å². The van der Waals surface area contributed by atoms with Gasteiger partial charge in [-0.1, -0.05) is 20.3 Å². The number of rotatable bonds is 5. The highest BCUT2D eigenvalue weighted by molar-refractivity contribution is 7.91. The molecule has 0 saturated carbocycles. The summed E-state index contributed by atoms with van der Waals surface area (Å²) >= 11 is 0. The van der Waals surface area contributed by atoms with Crippen LogP contribution in [0.4, 0.5) is 5.69 Å². The Kier molecular flexibility index (Phi) is 4.40. The topological polar surface area (TPSA) is 69.4 Å². The Hall–Kier alpha value is -1.23. The molecule has 0 fully saturated rings. The van der Waals surface area contributed by atoms with Gasteiger partial charge in [-0.05, 0) is 18.1 Å². The van der Waals surface area contributed by atoms with E-state index in [1.54, 1.807) is 12.1 Å². The number of nitrogen functional groups attached to an aromatic ring is 1. The summed E-state index contributed by atoms with van der Waals surface area (Å²) < 4.78 is 29.3. The molecule has 1 aromatic carbocycles. The minimum Gasteiger partial charge on any atom is -0.497 e. The zero-order valence-electron chi connectivity index (χ0n) is 10.4. The fourth-order valence-corrected chi connectivity index (χ4v) is 3.38. The van der Waals surface area contributed by atoms with Gasteiger partial charge in [0.15, 0.2) is 9.84 Å². The van der Waals surface area contributed by atoms with E-state index in [2.05, 4.69) is 0 Å². The molecule has 2 N–H and O–H groups in total. The molecule has 5 heteroatoms. The minimum absolute atomic E-state index is 0.112. The lowest BCUT2D eigenvalue weighted by molar-refractivity contribution is 0.413. The van der Waals surface area contributed by atoms with Gasteiger partial charge < -0.3 is 10.5 Å². The highest BCUT2D eigenvalue weighted by Gasteiger charge is 2.20. The molecule has 96 valence electrons. The number of hydrogen-bond donors (Lipinski definition) is 1. The van der Waals surface area contributed by atoms with E-state index in [4.69, 9.17) is 10.5 Å². The normalized spacial score (nSPS) is 13.4. The van der Waals surface area contributed by atoms with Gasteiger partial charge in [-0.15, -0.1) is 0 Å². The molecule has 0 aliphatic heterocycles. The monoisotopic (exact) mass is 257 g/mol. The largest absolute Gasteiger partial charge is 0.497 e. The van der Waals surface area contributed by atoms with Crippen LogP contribution in [0.2, 0.25) is 0 Å². The lowest BCUT2D eigenvalue weighted by Gasteiger charge is -2.12. The Morgan fingerprint density at radius 3 is 2.59 bits per heavy atom. The fourth-order valence-electron chi connectivity index (χ4n) is 1.49. The van der Waals surface area contributed by atoms with Crippen molar-refractivity contribution in [1.82, 2.24) is 0 Å². The summed E-state index contributed by atoms with van der Waals surface area (Å²) in [5.74, 6) is 0.730. The standard InChI is InChI=1S/C12H19NO3S/c1-4-9(2)8-17(14,15)12-7-10(16-3)5-6-11(12)13/h5-7,9H,4,8,13H2,1-3H3. The second-order valence-corrected chi connectivity index (χ2v) is 6.20. The minimum atomic E-state index is -3.34. The smallest absolute Gasteiger partial charge is 0.180 e. The van der Waals surface area contributed by atoms with Crippen molar-refractivity contribution in [2.45, 2.75) is 25.2 Å². The van der Waals surface area contributed by atoms with Crippen LogP contribution >= 0.6 is 0 Å². The third-order valence-corrected chi connectivity index (χ3v) is 4.79. The number of anilines is 1. The zero-order valence-corrected chi connectivity index (χ0v) is 11.3. The number of nitrogens with two attached hydrogens (primary N) is 1. The molecule has 0 bridgehead atoms. The van der Waals surface area contributed by atoms with Crippen molar-refractivity contribution >= 4 is 15.5 Å². The Morgan fingerprint density at radius 1 is 1.41 bits per heavy atom. The van der Waals surface area contributed by atoms with Gasteiger partial charge in [-0.25, -0.2) is 8.42 Å². The SMILES string of the molecule is CCC(C)CS(=O)(=O)c1cc(OC)ccc1N. The van der Waals surface area contributed by atoms with E-state index in [0.29, 0.717) is 5.75 Å². The Morgan fingerprint density at radius 2 is 2.06 bits per heavy atom. The number of methoxy groups -OCH3 is 1. The molecule has 1 aromatic rings. The average molecular weight is 257 g/mol. The molecule has 0 amide bonds. The fraction of sp³-hybridized carbons (Fsp3) is 0.500. The second-order valence-electron chi connectivity index (χ2n) is 4.20. The van der Waals surface area contributed by atoms with Gasteiger partial charge in [0.2, 0.25) is 0 Å². The van der Waals surface area contributed by atoms with Crippen LogP contribution < -0.4 is 10.5 Å². The van der Waals surface area contributed by atoms with Crippen LogP contribution in [0, 0.1) is 5.92 Å². The van der Waals surface area contributed by atoms with Crippen molar-refractivity contribution in [3.8, 4) is 5.75 Å². The highest BCUT2D eigenvalue weighted by Crippen LogP contribution is 2.26. The van der Waals surface area contributed by atoms with Crippen molar-refractivity contribution in [1.29, 1.82) is 0 Å². The number of sulfone groups is 1. The molecule has 4 nitrogen and oxygen atoms in total. The van der Waals surface area contributed by atoms with Crippen molar-refractivity contribution < 1.29 is 13.2 Å². The van der Waals surface area contributed by atoms with Crippen LogP contribution in [0.1, 0.15) is 20.3 Å². The molecule has 0 aliphatic rings. The summed E-state index contributed by atoms with van der Waals surface area (Å²) in [7, 11) is -1.84. The molecular weight excluding hydrogens is 238 g/mol. The maximum absolute atomic E-state index is 12.2. The van der Waals surface area contributed by atoms with E-state index in [1.165, 1.54) is 13.2 Å². The Labute approximate surface area is 103 Å². The quantitative estimate of drug-likeness (QED) is 0.820. The Balaban J connectivity index is 3.14. The summed E-state index contributed by atoms with van der Waals surface area (Å²) in [6.45, 7) is 3.88. The molecule has 0 aliphatic carbocycles. The Bertz CT molecular complexity index is 483. The van der Waals surface area contributed by atoms with Crippen molar-refractivity contribution in [3.63, 3.8) is 0 Å². The van der Waals surface area contributed by atoms with E-state index in [-0.39, 0.29) is 22.3 Å². The van der Waals surface area contributed by atoms with Crippen LogP contribution in [-0.4, -0.2) is 21.3 Å². The molecule has 0 spiro atoms.